The molecule has 0 heterocycles. The van der Waals surface area contributed by atoms with Crippen LogP contribution in [0.15, 0.2) is 6.07 Å². The van der Waals surface area contributed by atoms with Gasteiger partial charge in [0.1, 0.15) is 5.75 Å². The summed E-state index contributed by atoms with van der Waals surface area (Å²) >= 11 is 5.80. The third-order valence-corrected chi connectivity index (χ3v) is 2.54. The number of aryl methyl sites for hydroxylation is 1. The number of aromatic hydroxyl groups is 1. The van der Waals surface area contributed by atoms with Crippen LogP contribution < -0.4 is 0 Å². The van der Waals surface area contributed by atoms with E-state index >= 15 is 0 Å². The molecule has 0 radical (unpaired) electrons. The van der Waals surface area contributed by atoms with E-state index in [-0.39, 0.29) is 5.75 Å². The second-order valence-electron chi connectivity index (χ2n) is 2.78. The predicted octanol–water partition coefficient (Wildman–Crippen LogP) is 2.97. The van der Waals surface area contributed by atoms with Gasteiger partial charge in [-0.25, -0.2) is 0 Å². The number of benzene rings is 1. The van der Waals surface area contributed by atoms with Crippen molar-refractivity contribution in [3.8, 4) is 5.75 Å². The fourth-order valence-electron chi connectivity index (χ4n) is 1.03. The van der Waals surface area contributed by atoms with Crippen molar-refractivity contribution in [1.29, 1.82) is 0 Å². The molecule has 0 aliphatic rings. The van der Waals surface area contributed by atoms with E-state index in [1.807, 2.05) is 20.8 Å². The molecule has 60 valence electrons. The Morgan fingerprint density at radius 2 is 1.73 bits per heavy atom. The van der Waals surface area contributed by atoms with E-state index < -0.39 is 0 Å². The van der Waals surface area contributed by atoms with Gasteiger partial charge in [0, 0.05) is 0 Å². The average molecular weight is 171 g/mol. The minimum Gasteiger partial charge on any atom is -0.506 e. The molecule has 1 nitrogen and oxygen atoms in total. The lowest BCUT2D eigenvalue weighted by molar-refractivity contribution is 0.474. The summed E-state index contributed by atoms with van der Waals surface area (Å²) in [6.45, 7) is 5.86. The first-order chi connectivity index (χ1) is 5.04. The van der Waals surface area contributed by atoms with E-state index in [4.69, 9.17) is 11.6 Å². The molecule has 0 aliphatic carbocycles. The SMILES string of the molecule is Cc1cc(O)c(Cl)c(C)c1C. The fraction of sp³-hybridized carbons (Fsp3) is 0.333. The van der Waals surface area contributed by atoms with Gasteiger partial charge in [0.05, 0.1) is 5.02 Å². The van der Waals surface area contributed by atoms with Gasteiger partial charge in [-0.1, -0.05) is 11.6 Å². The second kappa shape index (κ2) is 2.74. The normalized spacial score (nSPS) is 10.2. The number of hydrogen-bond donors (Lipinski definition) is 1. The standard InChI is InChI=1S/C9H11ClO/c1-5-4-8(11)9(10)7(3)6(5)2/h4,11H,1-3H3. The van der Waals surface area contributed by atoms with Crippen LogP contribution in [0.3, 0.4) is 0 Å². The predicted molar refractivity (Wildman–Crippen MR) is 47.3 cm³/mol. The molecule has 0 saturated carbocycles. The van der Waals surface area contributed by atoms with Crippen molar-refractivity contribution in [3.63, 3.8) is 0 Å². The quantitative estimate of drug-likeness (QED) is 0.635. The van der Waals surface area contributed by atoms with Gasteiger partial charge in [0.15, 0.2) is 0 Å². The molecule has 0 aliphatic heterocycles. The highest BCUT2D eigenvalue weighted by atomic mass is 35.5. The molecular weight excluding hydrogens is 160 g/mol. The van der Waals surface area contributed by atoms with Crippen molar-refractivity contribution < 1.29 is 5.11 Å². The average Bonchev–Trinajstić information content (AvgIpc) is 1.97. The molecular formula is C9H11ClO. The van der Waals surface area contributed by atoms with Gasteiger partial charge < -0.3 is 5.11 Å². The molecule has 11 heavy (non-hydrogen) atoms. The largest absolute Gasteiger partial charge is 0.506 e. The Bertz CT molecular complexity index is 266. The minimum absolute atomic E-state index is 0.173. The molecule has 0 bridgehead atoms. The lowest BCUT2D eigenvalue weighted by Crippen LogP contribution is -1.87. The van der Waals surface area contributed by atoms with Gasteiger partial charge in [0.25, 0.3) is 0 Å². The molecule has 0 spiro atoms. The van der Waals surface area contributed by atoms with E-state index in [0.29, 0.717) is 5.02 Å². The zero-order chi connectivity index (χ0) is 8.59. The van der Waals surface area contributed by atoms with Gasteiger partial charge in [-0.2, -0.15) is 0 Å². The van der Waals surface area contributed by atoms with Gasteiger partial charge in [-0.3, -0.25) is 0 Å². The number of halogens is 1. The van der Waals surface area contributed by atoms with E-state index in [2.05, 4.69) is 0 Å². The van der Waals surface area contributed by atoms with E-state index in [9.17, 15) is 5.11 Å². The summed E-state index contributed by atoms with van der Waals surface area (Å²) in [5.74, 6) is 0.173. The van der Waals surface area contributed by atoms with Crippen LogP contribution in [0.4, 0.5) is 0 Å². The van der Waals surface area contributed by atoms with Crippen LogP contribution in [-0.4, -0.2) is 5.11 Å². The number of phenols is 1. The van der Waals surface area contributed by atoms with Crippen molar-refractivity contribution >= 4 is 11.6 Å². The Kier molecular flexibility index (Phi) is 2.10. The highest BCUT2D eigenvalue weighted by molar-refractivity contribution is 6.32. The third kappa shape index (κ3) is 1.33. The molecule has 0 aromatic heterocycles. The topological polar surface area (TPSA) is 20.2 Å². The van der Waals surface area contributed by atoms with Crippen LogP contribution in [0.25, 0.3) is 0 Å². The van der Waals surface area contributed by atoms with Crippen LogP contribution in [-0.2, 0) is 0 Å². The lowest BCUT2D eigenvalue weighted by Gasteiger charge is -2.07. The first-order valence-corrected chi connectivity index (χ1v) is 3.87. The van der Waals surface area contributed by atoms with E-state index in [1.54, 1.807) is 6.07 Å². The molecule has 1 aromatic rings. The Morgan fingerprint density at radius 3 is 2.27 bits per heavy atom. The maximum absolute atomic E-state index is 9.27. The summed E-state index contributed by atoms with van der Waals surface area (Å²) in [6.07, 6.45) is 0. The molecule has 0 saturated heterocycles. The maximum Gasteiger partial charge on any atom is 0.134 e. The summed E-state index contributed by atoms with van der Waals surface area (Å²) in [5, 5.41) is 9.74. The van der Waals surface area contributed by atoms with Crippen molar-refractivity contribution in [3.05, 3.63) is 27.8 Å². The molecule has 2 heteroatoms. The van der Waals surface area contributed by atoms with Crippen LogP contribution in [0.1, 0.15) is 16.7 Å². The zero-order valence-electron chi connectivity index (χ0n) is 6.90. The van der Waals surface area contributed by atoms with Gasteiger partial charge in [-0.15, -0.1) is 0 Å². The Balaban J connectivity index is 3.46. The monoisotopic (exact) mass is 170 g/mol. The number of phenolic OH excluding ortho intramolecular Hbond substituents is 1. The summed E-state index contributed by atoms with van der Waals surface area (Å²) < 4.78 is 0. The number of rotatable bonds is 0. The van der Waals surface area contributed by atoms with Crippen LogP contribution in [0.5, 0.6) is 5.75 Å². The molecule has 1 aromatic carbocycles. The molecule has 1 rings (SSSR count). The lowest BCUT2D eigenvalue weighted by atomic mass is 10.0. The van der Waals surface area contributed by atoms with Crippen molar-refractivity contribution in [2.24, 2.45) is 0 Å². The summed E-state index contributed by atoms with van der Waals surface area (Å²) in [4.78, 5) is 0. The molecule has 0 fully saturated rings. The Labute approximate surface area is 71.6 Å². The highest BCUT2D eigenvalue weighted by Crippen LogP contribution is 2.30. The fourth-order valence-corrected chi connectivity index (χ4v) is 1.23. The summed E-state index contributed by atoms with van der Waals surface area (Å²) in [6, 6.07) is 1.69. The van der Waals surface area contributed by atoms with Crippen LogP contribution in [0, 0.1) is 20.8 Å². The maximum atomic E-state index is 9.27. The molecule has 1 N–H and O–H groups in total. The van der Waals surface area contributed by atoms with Crippen LogP contribution >= 0.6 is 11.6 Å². The molecule has 0 unspecified atom stereocenters. The van der Waals surface area contributed by atoms with Crippen LogP contribution in [0.2, 0.25) is 5.02 Å². The van der Waals surface area contributed by atoms with Gasteiger partial charge >= 0.3 is 0 Å². The Hall–Kier alpha value is -0.690. The van der Waals surface area contributed by atoms with Crippen molar-refractivity contribution in [2.75, 3.05) is 0 Å². The number of hydrogen-bond acceptors (Lipinski definition) is 1. The summed E-state index contributed by atoms with van der Waals surface area (Å²) in [5.41, 5.74) is 3.18. The Morgan fingerprint density at radius 1 is 1.18 bits per heavy atom. The van der Waals surface area contributed by atoms with Crippen molar-refractivity contribution in [1.82, 2.24) is 0 Å². The molecule has 0 amide bonds. The first-order valence-electron chi connectivity index (χ1n) is 3.49. The van der Waals surface area contributed by atoms with E-state index in [0.717, 1.165) is 16.7 Å². The second-order valence-corrected chi connectivity index (χ2v) is 3.15. The smallest absolute Gasteiger partial charge is 0.134 e. The van der Waals surface area contributed by atoms with Gasteiger partial charge in [0.2, 0.25) is 0 Å². The molecule has 0 atom stereocenters. The summed E-state index contributed by atoms with van der Waals surface area (Å²) in [7, 11) is 0. The third-order valence-electron chi connectivity index (χ3n) is 2.06. The minimum atomic E-state index is 0.173. The van der Waals surface area contributed by atoms with Gasteiger partial charge in [-0.05, 0) is 43.5 Å². The van der Waals surface area contributed by atoms with Crippen molar-refractivity contribution in [2.45, 2.75) is 20.8 Å². The highest BCUT2D eigenvalue weighted by Gasteiger charge is 2.06. The van der Waals surface area contributed by atoms with E-state index in [1.165, 1.54) is 0 Å². The first kappa shape index (κ1) is 8.41. The zero-order valence-corrected chi connectivity index (χ0v) is 7.66.